The molecule has 3 aromatic rings. The van der Waals surface area contributed by atoms with Gasteiger partial charge in [0.05, 0.1) is 11.0 Å². The van der Waals surface area contributed by atoms with Gasteiger partial charge in [0.1, 0.15) is 0 Å². The van der Waals surface area contributed by atoms with E-state index in [-0.39, 0.29) is 11.6 Å². The summed E-state index contributed by atoms with van der Waals surface area (Å²) in [6, 6.07) is 27.6. The molecule has 0 amide bonds. The standard InChI is InChI=1S/C26H24O3/c27-23(20-10-4-1-5-11-20)25(24(28)21-12-6-2-7-13-21)16-18-26(29,19-17-25)22-14-8-3-9-15-22/h1-15,29H,16-19H2. The number of aliphatic hydroxyl groups is 1. The summed E-state index contributed by atoms with van der Waals surface area (Å²) in [4.78, 5) is 27.2. The van der Waals surface area contributed by atoms with Crippen LogP contribution in [0.3, 0.4) is 0 Å². The number of rotatable bonds is 5. The van der Waals surface area contributed by atoms with Crippen molar-refractivity contribution in [2.24, 2.45) is 5.41 Å². The lowest BCUT2D eigenvalue weighted by molar-refractivity contribution is -0.0267. The van der Waals surface area contributed by atoms with Crippen molar-refractivity contribution in [2.75, 3.05) is 0 Å². The van der Waals surface area contributed by atoms with Crippen molar-refractivity contribution in [3.8, 4) is 0 Å². The third-order valence-electron chi connectivity index (χ3n) is 6.18. The van der Waals surface area contributed by atoms with Gasteiger partial charge in [-0.3, -0.25) is 9.59 Å². The maximum absolute atomic E-state index is 13.6. The quantitative estimate of drug-likeness (QED) is 0.486. The smallest absolute Gasteiger partial charge is 0.176 e. The van der Waals surface area contributed by atoms with Crippen molar-refractivity contribution < 1.29 is 14.7 Å². The van der Waals surface area contributed by atoms with E-state index in [2.05, 4.69) is 0 Å². The number of Topliss-reactive ketones (excluding diaryl/α,β-unsaturated/α-hetero) is 2. The van der Waals surface area contributed by atoms with Gasteiger partial charge in [-0.1, -0.05) is 91.0 Å². The van der Waals surface area contributed by atoms with Gasteiger partial charge in [0.25, 0.3) is 0 Å². The third-order valence-corrected chi connectivity index (χ3v) is 6.18. The van der Waals surface area contributed by atoms with Gasteiger partial charge in [-0.25, -0.2) is 0 Å². The zero-order chi connectivity index (χ0) is 20.3. The normalized spacial score (nSPS) is 17.4. The highest BCUT2D eigenvalue weighted by atomic mass is 16.3. The molecule has 0 heterocycles. The second-order valence-corrected chi connectivity index (χ2v) is 7.87. The summed E-state index contributed by atoms with van der Waals surface area (Å²) in [6.07, 6.45) is 1.38. The number of hydrogen-bond acceptors (Lipinski definition) is 3. The predicted molar refractivity (Wildman–Crippen MR) is 113 cm³/mol. The highest BCUT2D eigenvalue weighted by Crippen LogP contribution is 2.48. The van der Waals surface area contributed by atoms with E-state index in [1.807, 2.05) is 66.7 Å². The second kappa shape index (κ2) is 7.76. The van der Waals surface area contributed by atoms with Gasteiger partial charge in [-0.2, -0.15) is 0 Å². The van der Waals surface area contributed by atoms with E-state index < -0.39 is 11.0 Å². The molecule has 1 saturated carbocycles. The topological polar surface area (TPSA) is 54.4 Å². The molecule has 0 atom stereocenters. The fourth-order valence-corrected chi connectivity index (χ4v) is 4.42. The first-order chi connectivity index (χ1) is 14.1. The fourth-order valence-electron chi connectivity index (χ4n) is 4.42. The molecular weight excluding hydrogens is 360 g/mol. The summed E-state index contributed by atoms with van der Waals surface area (Å²) in [7, 11) is 0. The molecule has 0 aromatic heterocycles. The second-order valence-electron chi connectivity index (χ2n) is 7.87. The highest BCUT2D eigenvalue weighted by molar-refractivity contribution is 6.19. The molecule has 4 rings (SSSR count). The van der Waals surface area contributed by atoms with Crippen molar-refractivity contribution in [3.63, 3.8) is 0 Å². The molecule has 0 spiro atoms. The molecule has 146 valence electrons. The Kier molecular flexibility index (Phi) is 5.16. The molecule has 3 heteroatoms. The SMILES string of the molecule is O=C(c1ccccc1)C1(C(=O)c2ccccc2)CCC(O)(c2ccccc2)CC1. The average molecular weight is 384 g/mol. The van der Waals surface area contributed by atoms with Crippen LogP contribution in [0.4, 0.5) is 0 Å². The van der Waals surface area contributed by atoms with Crippen molar-refractivity contribution in [1.29, 1.82) is 0 Å². The molecule has 1 aliphatic rings. The minimum atomic E-state index is -1.15. The van der Waals surface area contributed by atoms with E-state index in [1.165, 1.54) is 0 Å². The fraction of sp³-hybridized carbons (Fsp3) is 0.231. The molecule has 3 nitrogen and oxygen atoms in total. The molecule has 29 heavy (non-hydrogen) atoms. The number of benzene rings is 3. The van der Waals surface area contributed by atoms with Crippen LogP contribution in [0.2, 0.25) is 0 Å². The highest BCUT2D eigenvalue weighted by Gasteiger charge is 2.51. The van der Waals surface area contributed by atoms with Gasteiger partial charge in [-0.15, -0.1) is 0 Å². The number of hydrogen-bond donors (Lipinski definition) is 1. The van der Waals surface area contributed by atoms with Crippen molar-refractivity contribution in [1.82, 2.24) is 0 Å². The molecule has 0 aliphatic heterocycles. The Balaban J connectivity index is 1.71. The molecule has 3 aromatic carbocycles. The van der Waals surface area contributed by atoms with Gasteiger partial charge in [-0.05, 0) is 31.2 Å². The molecule has 1 fully saturated rings. The van der Waals surface area contributed by atoms with E-state index in [9.17, 15) is 14.7 Å². The van der Waals surface area contributed by atoms with Gasteiger partial charge in [0.15, 0.2) is 11.6 Å². The number of ketones is 2. The first kappa shape index (κ1) is 19.3. The van der Waals surface area contributed by atoms with E-state index in [0.717, 1.165) is 5.56 Å². The van der Waals surface area contributed by atoms with E-state index >= 15 is 0 Å². The molecular formula is C26H24O3. The Morgan fingerprint density at radius 2 is 0.966 bits per heavy atom. The Morgan fingerprint density at radius 3 is 1.38 bits per heavy atom. The Labute approximate surface area is 171 Å². The van der Waals surface area contributed by atoms with Crippen LogP contribution in [0, 0.1) is 5.41 Å². The molecule has 1 N–H and O–H groups in total. The van der Waals surface area contributed by atoms with Crippen molar-refractivity contribution in [3.05, 3.63) is 108 Å². The van der Waals surface area contributed by atoms with Gasteiger partial charge < -0.3 is 5.11 Å². The van der Waals surface area contributed by atoms with E-state index in [0.29, 0.717) is 36.8 Å². The lowest BCUT2D eigenvalue weighted by Gasteiger charge is -2.42. The lowest BCUT2D eigenvalue weighted by atomic mass is 9.61. The van der Waals surface area contributed by atoms with Crippen LogP contribution in [0.15, 0.2) is 91.0 Å². The van der Waals surface area contributed by atoms with Crippen LogP contribution in [0.25, 0.3) is 0 Å². The summed E-state index contributed by atoms with van der Waals surface area (Å²) in [5.41, 5.74) is -0.237. The minimum absolute atomic E-state index is 0.151. The Bertz CT molecular complexity index is 932. The van der Waals surface area contributed by atoms with Gasteiger partial charge in [0.2, 0.25) is 0 Å². The third kappa shape index (κ3) is 3.54. The largest absolute Gasteiger partial charge is 0.385 e. The minimum Gasteiger partial charge on any atom is -0.385 e. The number of carbonyl (C=O) groups excluding carboxylic acids is 2. The van der Waals surface area contributed by atoms with Crippen molar-refractivity contribution >= 4 is 11.6 Å². The Morgan fingerprint density at radius 1 is 0.586 bits per heavy atom. The number of carbonyl (C=O) groups is 2. The first-order valence-electron chi connectivity index (χ1n) is 10.0. The maximum Gasteiger partial charge on any atom is 0.176 e. The zero-order valence-corrected chi connectivity index (χ0v) is 16.3. The van der Waals surface area contributed by atoms with E-state index in [4.69, 9.17) is 0 Å². The summed E-state index contributed by atoms with van der Waals surface area (Å²) in [5.74, 6) is -0.302. The van der Waals surface area contributed by atoms with Gasteiger partial charge >= 0.3 is 0 Å². The van der Waals surface area contributed by atoms with Crippen LogP contribution in [-0.2, 0) is 5.60 Å². The summed E-state index contributed by atoms with van der Waals surface area (Å²) in [6.45, 7) is 0. The molecule has 0 unspecified atom stereocenters. The zero-order valence-electron chi connectivity index (χ0n) is 16.3. The molecule has 0 radical (unpaired) electrons. The summed E-state index contributed by atoms with van der Waals surface area (Å²) < 4.78 is 0. The molecule has 0 saturated heterocycles. The first-order valence-corrected chi connectivity index (χ1v) is 10.0. The lowest BCUT2D eigenvalue weighted by Crippen LogP contribution is -2.46. The monoisotopic (exact) mass is 384 g/mol. The van der Waals surface area contributed by atoms with Crippen LogP contribution >= 0.6 is 0 Å². The summed E-state index contributed by atoms with van der Waals surface area (Å²) >= 11 is 0. The van der Waals surface area contributed by atoms with Crippen LogP contribution in [0.1, 0.15) is 52.0 Å². The van der Waals surface area contributed by atoms with Crippen LogP contribution in [0.5, 0.6) is 0 Å². The van der Waals surface area contributed by atoms with Crippen LogP contribution in [-0.4, -0.2) is 16.7 Å². The van der Waals surface area contributed by atoms with Crippen LogP contribution < -0.4 is 0 Å². The maximum atomic E-state index is 13.6. The average Bonchev–Trinajstić information content (AvgIpc) is 2.81. The molecule has 0 bridgehead atoms. The molecule has 1 aliphatic carbocycles. The Hall–Kier alpha value is -3.04. The predicted octanol–water partition coefficient (Wildman–Crippen LogP) is 5.20. The summed E-state index contributed by atoms with van der Waals surface area (Å²) in [5, 5.41) is 11.3. The van der Waals surface area contributed by atoms with E-state index in [1.54, 1.807) is 24.3 Å². The van der Waals surface area contributed by atoms with Gasteiger partial charge in [0, 0.05) is 11.1 Å². The van der Waals surface area contributed by atoms with Crippen molar-refractivity contribution in [2.45, 2.75) is 31.3 Å².